The zero-order valence-corrected chi connectivity index (χ0v) is 17.1. The molecule has 0 atom stereocenters. The van der Waals surface area contributed by atoms with Crippen LogP contribution in [0.4, 0.5) is 0 Å². The van der Waals surface area contributed by atoms with Gasteiger partial charge in [0.1, 0.15) is 0 Å². The number of aryl methyl sites for hydroxylation is 2. The van der Waals surface area contributed by atoms with E-state index in [1.807, 2.05) is 19.9 Å². The minimum absolute atomic E-state index is 0.289. The lowest BCUT2D eigenvalue weighted by Gasteiger charge is -2.12. The van der Waals surface area contributed by atoms with Gasteiger partial charge in [0.05, 0.1) is 18.1 Å². The van der Waals surface area contributed by atoms with E-state index in [0.29, 0.717) is 35.2 Å². The summed E-state index contributed by atoms with van der Waals surface area (Å²) in [5.41, 5.74) is 6.65. The summed E-state index contributed by atoms with van der Waals surface area (Å²) < 4.78 is 11.0. The van der Waals surface area contributed by atoms with Gasteiger partial charge in [-0.25, -0.2) is 0 Å². The van der Waals surface area contributed by atoms with E-state index in [0.717, 1.165) is 12.8 Å². The Kier molecular flexibility index (Phi) is 6.92. The van der Waals surface area contributed by atoms with E-state index in [9.17, 15) is 9.59 Å². The first-order valence-corrected chi connectivity index (χ1v) is 10.6. The summed E-state index contributed by atoms with van der Waals surface area (Å²) in [6.07, 6.45) is 5.64. The van der Waals surface area contributed by atoms with Crippen molar-refractivity contribution >= 4 is 23.2 Å². The molecule has 1 aliphatic rings. The summed E-state index contributed by atoms with van der Waals surface area (Å²) in [5.74, 6) is 0.396. The molecule has 1 aliphatic carbocycles. The average molecular weight is 403 g/mol. The highest BCUT2D eigenvalue weighted by Gasteiger charge is 2.17. The van der Waals surface area contributed by atoms with Crippen LogP contribution in [0.2, 0.25) is 0 Å². The molecule has 0 bridgehead atoms. The number of rotatable bonds is 6. The van der Waals surface area contributed by atoms with Crippen molar-refractivity contribution in [2.24, 2.45) is 0 Å². The van der Waals surface area contributed by atoms with Crippen LogP contribution < -0.4 is 20.3 Å². The van der Waals surface area contributed by atoms with Gasteiger partial charge in [-0.3, -0.25) is 20.4 Å². The molecule has 0 fully saturated rings. The van der Waals surface area contributed by atoms with Gasteiger partial charge in [-0.15, -0.1) is 11.3 Å². The van der Waals surface area contributed by atoms with Gasteiger partial charge in [0.25, 0.3) is 11.8 Å². The largest absolute Gasteiger partial charge is 0.490 e. The molecule has 1 aromatic carbocycles. The Morgan fingerprint density at radius 3 is 2.43 bits per heavy atom. The van der Waals surface area contributed by atoms with Crippen molar-refractivity contribution in [3.8, 4) is 11.5 Å². The Balaban J connectivity index is 1.63. The fourth-order valence-corrected chi connectivity index (χ4v) is 4.37. The number of amides is 2. The molecule has 3 rings (SSSR count). The smallest absolute Gasteiger partial charge is 0.279 e. The van der Waals surface area contributed by atoms with Gasteiger partial charge in [0.15, 0.2) is 11.5 Å². The van der Waals surface area contributed by atoms with Crippen LogP contribution in [0.1, 0.15) is 63.6 Å². The monoisotopic (exact) mass is 402 g/mol. The molecule has 0 saturated heterocycles. The second kappa shape index (κ2) is 9.59. The van der Waals surface area contributed by atoms with Crippen molar-refractivity contribution in [3.05, 3.63) is 45.1 Å². The predicted octanol–water partition coefficient (Wildman–Crippen LogP) is 3.89. The van der Waals surface area contributed by atoms with Crippen LogP contribution in [0, 0.1) is 0 Å². The Bertz CT molecular complexity index is 823. The van der Waals surface area contributed by atoms with Crippen LogP contribution >= 0.6 is 11.3 Å². The Labute approximate surface area is 169 Å². The predicted molar refractivity (Wildman–Crippen MR) is 109 cm³/mol. The molecular formula is C21H26N2O4S. The molecule has 1 aromatic heterocycles. The molecule has 150 valence electrons. The number of fused-ring (bicyclic) bond motifs is 1. The third-order valence-electron chi connectivity index (χ3n) is 4.57. The van der Waals surface area contributed by atoms with Gasteiger partial charge >= 0.3 is 0 Å². The number of hydrogen-bond donors (Lipinski definition) is 2. The van der Waals surface area contributed by atoms with Gasteiger partial charge in [0.2, 0.25) is 0 Å². The Morgan fingerprint density at radius 2 is 1.64 bits per heavy atom. The molecule has 7 heteroatoms. The molecule has 6 nitrogen and oxygen atoms in total. The van der Waals surface area contributed by atoms with Crippen LogP contribution in [0.5, 0.6) is 11.5 Å². The van der Waals surface area contributed by atoms with Crippen molar-refractivity contribution in [1.82, 2.24) is 10.9 Å². The first-order valence-electron chi connectivity index (χ1n) is 9.74. The van der Waals surface area contributed by atoms with Crippen LogP contribution in [0.15, 0.2) is 24.3 Å². The van der Waals surface area contributed by atoms with Crippen LogP contribution in [-0.2, 0) is 12.8 Å². The third kappa shape index (κ3) is 4.84. The zero-order chi connectivity index (χ0) is 19.9. The first kappa shape index (κ1) is 20.2. The SMILES string of the molecule is CCOc1ccc(C(=O)NNC(=O)c2cc3c(s2)CCCCC3)cc1OCC. The van der Waals surface area contributed by atoms with E-state index in [2.05, 4.69) is 10.9 Å². The zero-order valence-electron chi connectivity index (χ0n) is 16.3. The molecule has 2 aromatic rings. The molecule has 0 spiro atoms. The van der Waals surface area contributed by atoms with E-state index >= 15 is 0 Å². The fraction of sp³-hybridized carbons (Fsp3) is 0.429. The maximum absolute atomic E-state index is 12.4. The van der Waals surface area contributed by atoms with E-state index in [-0.39, 0.29) is 5.91 Å². The number of hydrogen-bond acceptors (Lipinski definition) is 5. The molecule has 1 heterocycles. The average Bonchev–Trinajstić information content (AvgIpc) is 2.98. The minimum atomic E-state index is -0.407. The van der Waals surface area contributed by atoms with Crippen molar-refractivity contribution in [2.75, 3.05) is 13.2 Å². The minimum Gasteiger partial charge on any atom is -0.490 e. The molecular weight excluding hydrogens is 376 g/mol. The second-order valence-electron chi connectivity index (χ2n) is 6.56. The number of thiophene rings is 1. The molecule has 2 N–H and O–H groups in total. The fourth-order valence-electron chi connectivity index (χ4n) is 3.22. The lowest BCUT2D eigenvalue weighted by atomic mass is 10.1. The first-order chi connectivity index (χ1) is 13.6. The van der Waals surface area contributed by atoms with E-state index in [1.54, 1.807) is 18.2 Å². The van der Waals surface area contributed by atoms with E-state index in [4.69, 9.17) is 9.47 Å². The summed E-state index contributed by atoms with van der Waals surface area (Å²) in [6, 6.07) is 6.91. The Hall–Kier alpha value is -2.54. The number of hydrazine groups is 1. The number of carbonyl (C=O) groups is 2. The summed E-state index contributed by atoms with van der Waals surface area (Å²) >= 11 is 1.52. The number of nitrogens with one attached hydrogen (secondary N) is 2. The molecule has 28 heavy (non-hydrogen) atoms. The van der Waals surface area contributed by atoms with Gasteiger partial charge in [-0.05, 0) is 69.4 Å². The standard InChI is InChI=1S/C21H26N2O4S/c1-3-26-16-11-10-15(12-17(16)27-4-2)20(24)22-23-21(25)19-13-14-8-6-5-7-9-18(14)28-19/h10-13H,3-9H2,1-2H3,(H,22,24)(H,23,25). The van der Waals surface area contributed by atoms with Gasteiger partial charge in [0, 0.05) is 10.4 Å². The van der Waals surface area contributed by atoms with Crippen molar-refractivity contribution in [3.63, 3.8) is 0 Å². The third-order valence-corrected chi connectivity index (χ3v) is 5.80. The van der Waals surface area contributed by atoms with Crippen molar-refractivity contribution in [2.45, 2.75) is 46.0 Å². The van der Waals surface area contributed by atoms with Crippen LogP contribution in [0.25, 0.3) is 0 Å². The summed E-state index contributed by atoms with van der Waals surface area (Å²) in [6.45, 7) is 4.72. The molecule has 0 saturated carbocycles. The highest BCUT2D eigenvalue weighted by molar-refractivity contribution is 7.14. The number of benzene rings is 1. The maximum Gasteiger partial charge on any atom is 0.279 e. The highest BCUT2D eigenvalue weighted by Crippen LogP contribution is 2.29. The van der Waals surface area contributed by atoms with Gasteiger partial charge < -0.3 is 9.47 Å². The van der Waals surface area contributed by atoms with Crippen molar-refractivity contribution < 1.29 is 19.1 Å². The molecule has 2 amide bonds. The Morgan fingerprint density at radius 1 is 0.929 bits per heavy atom. The molecule has 0 radical (unpaired) electrons. The van der Waals surface area contributed by atoms with Crippen LogP contribution in [0.3, 0.4) is 0 Å². The van der Waals surface area contributed by atoms with Gasteiger partial charge in [-0.1, -0.05) is 6.42 Å². The second-order valence-corrected chi connectivity index (χ2v) is 7.69. The normalized spacial score (nSPS) is 13.2. The quantitative estimate of drug-likeness (QED) is 0.568. The topological polar surface area (TPSA) is 76.7 Å². The van der Waals surface area contributed by atoms with Gasteiger partial charge in [-0.2, -0.15) is 0 Å². The maximum atomic E-state index is 12.4. The number of carbonyl (C=O) groups excluding carboxylic acids is 2. The molecule has 0 aliphatic heterocycles. The lowest BCUT2D eigenvalue weighted by molar-refractivity contribution is 0.0848. The lowest BCUT2D eigenvalue weighted by Crippen LogP contribution is -2.41. The number of ether oxygens (including phenoxy) is 2. The van der Waals surface area contributed by atoms with Crippen molar-refractivity contribution in [1.29, 1.82) is 0 Å². The van der Waals surface area contributed by atoms with E-state index < -0.39 is 5.91 Å². The summed E-state index contributed by atoms with van der Waals surface area (Å²) in [4.78, 5) is 26.8. The van der Waals surface area contributed by atoms with E-state index in [1.165, 1.54) is 41.0 Å². The molecule has 0 unspecified atom stereocenters. The summed E-state index contributed by atoms with van der Waals surface area (Å²) in [7, 11) is 0. The summed E-state index contributed by atoms with van der Waals surface area (Å²) in [5, 5.41) is 0. The highest BCUT2D eigenvalue weighted by atomic mass is 32.1. The van der Waals surface area contributed by atoms with Crippen LogP contribution in [-0.4, -0.2) is 25.0 Å².